The van der Waals surface area contributed by atoms with Crippen molar-refractivity contribution >= 4 is 5.91 Å². The number of nitrogens with one attached hydrogen (secondary N) is 1. The largest absolute Gasteiger partial charge is 0.496 e. The molecule has 0 aliphatic rings. The molecule has 0 spiro atoms. The summed E-state index contributed by atoms with van der Waals surface area (Å²) in [5, 5.41) is 2.99. The van der Waals surface area contributed by atoms with E-state index in [-0.39, 0.29) is 11.9 Å². The van der Waals surface area contributed by atoms with Crippen LogP contribution in [-0.4, -0.2) is 26.2 Å². The highest BCUT2D eigenvalue weighted by Gasteiger charge is 2.16. The van der Waals surface area contributed by atoms with E-state index >= 15 is 0 Å². The Morgan fingerprint density at radius 2 is 1.68 bits per heavy atom. The van der Waals surface area contributed by atoms with Gasteiger partial charge >= 0.3 is 0 Å². The van der Waals surface area contributed by atoms with E-state index in [2.05, 4.69) is 5.32 Å². The number of hydrogen-bond donors (Lipinski definition) is 1. The van der Waals surface area contributed by atoms with E-state index < -0.39 is 0 Å². The van der Waals surface area contributed by atoms with Gasteiger partial charge < -0.3 is 19.5 Å². The maximum absolute atomic E-state index is 12.6. The Hall–Kier alpha value is -2.69. The zero-order chi connectivity index (χ0) is 18.2. The average Bonchev–Trinajstić information content (AvgIpc) is 2.63. The van der Waals surface area contributed by atoms with Crippen molar-refractivity contribution in [2.75, 3.05) is 20.3 Å². The minimum atomic E-state index is -0.189. The van der Waals surface area contributed by atoms with Crippen molar-refractivity contribution < 1.29 is 19.0 Å². The molecule has 0 radical (unpaired) electrons. The van der Waals surface area contributed by atoms with Crippen molar-refractivity contribution in [1.82, 2.24) is 5.32 Å². The van der Waals surface area contributed by atoms with Crippen LogP contribution in [0.25, 0.3) is 0 Å². The fourth-order valence-electron chi connectivity index (χ4n) is 2.57. The second-order valence-corrected chi connectivity index (χ2v) is 5.46. The number of para-hydroxylation sites is 1. The molecule has 1 amide bonds. The van der Waals surface area contributed by atoms with Crippen molar-refractivity contribution in [2.24, 2.45) is 0 Å². The lowest BCUT2D eigenvalue weighted by Gasteiger charge is -2.18. The predicted octanol–water partition coefficient (Wildman–Crippen LogP) is 3.98. The highest BCUT2D eigenvalue weighted by atomic mass is 16.5. The molecule has 0 unspecified atom stereocenters. The predicted molar refractivity (Wildman–Crippen MR) is 97.7 cm³/mol. The third-order valence-electron chi connectivity index (χ3n) is 3.76. The second kappa shape index (κ2) is 8.97. The first-order chi connectivity index (χ1) is 12.1. The van der Waals surface area contributed by atoms with Crippen LogP contribution in [0.3, 0.4) is 0 Å². The van der Waals surface area contributed by atoms with Crippen molar-refractivity contribution in [1.29, 1.82) is 0 Å². The Bertz CT molecular complexity index is 715. The third-order valence-corrected chi connectivity index (χ3v) is 3.76. The maximum Gasteiger partial charge on any atom is 0.251 e. The van der Waals surface area contributed by atoms with Gasteiger partial charge in [-0.3, -0.25) is 4.79 Å². The van der Waals surface area contributed by atoms with Crippen LogP contribution < -0.4 is 19.5 Å². The number of benzene rings is 2. The van der Waals surface area contributed by atoms with Crippen molar-refractivity contribution in [3.05, 3.63) is 53.6 Å². The van der Waals surface area contributed by atoms with Crippen LogP contribution in [-0.2, 0) is 0 Å². The third kappa shape index (κ3) is 4.66. The highest BCUT2D eigenvalue weighted by molar-refractivity contribution is 5.95. The van der Waals surface area contributed by atoms with Gasteiger partial charge in [-0.2, -0.15) is 0 Å². The van der Waals surface area contributed by atoms with Gasteiger partial charge in [0.05, 0.1) is 26.4 Å². The van der Waals surface area contributed by atoms with Gasteiger partial charge in [-0.05, 0) is 45.0 Å². The van der Waals surface area contributed by atoms with Crippen LogP contribution in [0.4, 0.5) is 0 Å². The van der Waals surface area contributed by atoms with Gasteiger partial charge in [-0.15, -0.1) is 0 Å². The summed E-state index contributed by atoms with van der Waals surface area (Å²) in [5.74, 6) is 1.78. The maximum atomic E-state index is 12.6. The summed E-state index contributed by atoms with van der Waals surface area (Å²) < 4.78 is 16.5. The van der Waals surface area contributed by atoms with E-state index in [9.17, 15) is 4.79 Å². The summed E-state index contributed by atoms with van der Waals surface area (Å²) in [7, 11) is 1.62. The average molecular weight is 343 g/mol. The zero-order valence-corrected chi connectivity index (χ0v) is 15.2. The smallest absolute Gasteiger partial charge is 0.251 e. The minimum Gasteiger partial charge on any atom is -0.496 e. The van der Waals surface area contributed by atoms with E-state index in [1.807, 2.05) is 45.0 Å². The van der Waals surface area contributed by atoms with E-state index in [4.69, 9.17) is 14.2 Å². The Labute approximate surface area is 148 Å². The lowest BCUT2D eigenvalue weighted by atomic mass is 10.1. The number of carbonyl (C=O) groups excluding carboxylic acids is 1. The molecule has 5 nitrogen and oxygen atoms in total. The quantitative estimate of drug-likeness (QED) is 0.787. The fourth-order valence-corrected chi connectivity index (χ4v) is 2.57. The number of rotatable bonds is 8. The molecule has 2 aromatic carbocycles. The Morgan fingerprint density at radius 3 is 2.36 bits per heavy atom. The van der Waals surface area contributed by atoms with Crippen LogP contribution in [0.2, 0.25) is 0 Å². The number of amides is 1. The van der Waals surface area contributed by atoms with Gasteiger partial charge in [0.25, 0.3) is 5.91 Å². The monoisotopic (exact) mass is 343 g/mol. The Morgan fingerprint density at radius 1 is 1.00 bits per heavy atom. The molecule has 0 fully saturated rings. The fraction of sp³-hybridized carbons (Fsp3) is 0.350. The highest BCUT2D eigenvalue weighted by Crippen LogP contribution is 2.29. The molecule has 0 aromatic heterocycles. The standard InChI is InChI=1S/C20H25NO4/c1-5-24-18-12-11-15(13-19(18)25-6-2)20(22)21-14(3)16-9-7-8-10-17(16)23-4/h7-14H,5-6H2,1-4H3,(H,21,22)/t14-/m0/s1. The summed E-state index contributed by atoms with van der Waals surface area (Å²) in [6.45, 7) is 6.77. The molecule has 134 valence electrons. The zero-order valence-electron chi connectivity index (χ0n) is 15.2. The topological polar surface area (TPSA) is 56.8 Å². The summed E-state index contributed by atoms with van der Waals surface area (Å²) in [4.78, 5) is 12.6. The molecule has 1 atom stereocenters. The first-order valence-corrected chi connectivity index (χ1v) is 8.44. The second-order valence-electron chi connectivity index (χ2n) is 5.46. The molecule has 0 heterocycles. The lowest BCUT2D eigenvalue weighted by molar-refractivity contribution is 0.0939. The molecule has 25 heavy (non-hydrogen) atoms. The molecule has 0 saturated heterocycles. The molecule has 0 aliphatic heterocycles. The van der Waals surface area contributed by atoms with Crippen LogP contribution in [0.15, 0.2) is 42.5 Å². The van der Waals surface area contributed by atoms with Gasteiger partial charge in [-0.1, -0.05) is 18.2 Å². The van der Waals surface area contributed by atoms with Crippen molar-refractivity contribution in [3.63, 3.8) is 0 Å². The van der Waals surface area contributed by atoms with Crippen molar-refractivity contribution in [2.45, 2.75) is 26.8 Å². The van der Waals surface area contributed by atoms with E-state index in [1.54, 1.807) is 25.3 Å². The number of hydrogen-bond acceptors (Lipinski definition) is 4. The number of carbonyl (C=O) groups is 1. The minimum absolute atomic E-state index is 0.178. The normalized spacial score (nSPS) is 11.5. The Balaban J connectivity index is 2.18. The molecule has 0 bridgehead atoms. The molecular formula is C20H25NO4. The molecule has 2 rings (SSSR count). The summed E-state index contributed by atoms with van der Waals surface area (Å²) in [6, 6.07) is 12.6. The molecule has 0 aliphatic carbocycles. The SMILES string of the molecule is CCOc1ccc(C(=O)N[C@@H](C)c2ccccc2OC)cc1OCC. The van der Waals surface area contributed by atoms with Gasteiger partial charge in [0, 0.05) is 11.1 Å². The summed E-state index contributed by atoms with van der Waals surface area (Å²) in [5.41, 5.74) is 1.45. The van der Waals surface area contributed by atoms with Crippen LogP contribution in [0.1, 0.15) is 42.7 Å². The molecule has 0 saturated carbocycles. The van der Waals surface area contributed by atoms with Crippen LogP contribution in [0, 0.1) is 0 Å². The van der Waals surface area contributed by atoms with E-state index in [0.29, 0.717) is 30.3 Å². The van der Waals surface area contributed by atoms with Gasteiger partial charge in [0.1, 0.15) is 5.75 Å². The summed E-state index contributed by atoms with van der Waals surface area (Å²) >= 11 is 0. The van der Waals surface area contributed by atoms with E-state index in [1.165, 1.54) is 0 Å². The van der Waals surface area contributed by atoms with Crippen LogP contribution >= 0.6 is 0 Å². The van der Waals surface area contributed by atoms with Crippen molar-refractivity contribution in [3.8, 4) is 17.2 Å². The molecule has 5 heteroatoms. The molecular weight excluding hydrogens is 318 g/mol. The molecule has 1 N–H and O–H groups in total. The summed E-state index contributed by atoms with van der Waals surface area (Å²) in [6.07, 6.45) is 0. The van der Waals surface area contributed by atoms with Gasteiger partial charge in [0.2, 0.25) is 0 Å². The first kappa shape index (κ1) is 18.6. The van der Waals surface area contributed by atoms with E-state index in [0.717, 1.165) is 11.3 Å². The van der Waals surface area contributed by atoms with Crippen LogP contribution in [0.5, 0.6) is 17.2 Å². The number of methoxy groups -OCH3 is 1. The first-order valence-electron chi connectivity index (χ1n) is 8.44. The number of ether oxygens (including phenoxy) is 3. The molecule has 2 aromatic rings. The van der Waals surface area contributed by atoms with Gasteiger partial charge in [0.15, 0.2) is 11.5 Å². The Kier molecular flexibility index (Phi) is 6.69. The van der Waals surface area contributed by atoms with Gasteiger partial charge in [-0.25, -0.2) is 0 Å². The lowest BCUT2D eigenvalue weighted by Crippen LogP contribution is -2.27.